The van der Waals surface area contributed by atoms with Gasteiger partial charge in [0.2, 0.25) is 0 Å². The predicted octanol–water partition coefficient (Wildman–Crippen LogP) is 3.13. The number of carbonyl (C=O) groups is 1. The third-order valence-corrected chi connectivity index (χ3v) is 4.82. The van der Waals surface area contributed by atoms with Crippen LogP contribution in [0.3, 0.4) is 0 Å². The maximum atomic E-state index is 11.8. The Hall–Kier alpha value is -2.08. The Labute approximate surface area is 140 Å². The van der Waals surface area contributed by atoms with E-state index in [1.165, 1.54) is 19.3 Å². The molecule has 3 rings (SSSR count). The van der Waals surface area contributed by atoms with Crippen LogP contribution in [0.25, 0.3) is 0 Å². The number of nitrogens with zero attached hydrogens (tertiary/aromatic N) is 2. The number of anilines is 1. The number of nitrogens with one attached hydrogen (secondary N) is 2. The van der Waals surface area contributed by atoms with E-state index in [-0.39, 0.29) is 6.03 Å². The highest BCUT2D eigenvalue weighted by atomic mass is 32.1. The number of thiophene rings is 1. The molecule has 2 aromatic rings. The SMILES string of the molecule is O=C(NCc1ccc(N2CCCCC2)nc1)NCc1cccs1. The summed E-state index contributed by atoms with van der Waals surface area (Å²) in [6, 6.07) is 7.92. The first kappa shape index (κ1) is 15.8. The van der Waals surface area contributed by atoms with Crippen LogP contribution in [0.15, 0.2) is 35.8 Å². The van der Waals surface area contributed by atoms with Gasteiger partial charge >= 0.3 is 6.03 Å². The Balaban J connectivity index is 1.43. The van der Waals surface area contributed by atoms with Crippen molar-refractivity contribution in [1.82, 2.24) is 15.6 Å². The summed E-state index contributed by atoms with van der Waals surface area (Å²) in [6.45, 7) is 3.24. The Morgan fingerprint density at radius 3 is 2.65 bits per heavy atom. The molecule has 1 aliphatic heterocycles. The Kier molecular flexibility index (Phi) is 5.47. The number of urea groups is 1. The molecule has 0 radical (unpaired) electrons. The Morgan fingerprint density at radius 1 is 1.13 bits per heavy atom. The molecule has 2 aromatic heterocycles. The minimum absolute atomic E-state index is 0.154. The molecule has 0 unspecified atom stereocenters. The maximum absolute atomic E-state index is 11.8. The zero-order chi connectivity index (χ0) is 15.9. The standard InChI is InChI=1S/C17H22N4OS/c22-17(20-13-15-5-4-10-23-15)19-12-14-6-7-16(18-11-14)21-8-2-1-3-9-21/h4-7,10-11H,1-3,8-9,12-13H2,(H2,19,20,22). The van der Waals surface area contributed by atoms with Crippen molar-refractivity contribution in [1.29, 1.82) is 0 Å². The number of hydrogen-bond donors (Lipinski definition) is 2. The number of hydrogen-bond acceptors (Lipinski definition) is 4. The van der Waals surface area contributed by atoms with Crippen LogP contribution < -0.4 is 15.5 Å². The first-order chi connectivity index (χ1) is 11.3. The molecule has 0 saturated carbocycles. The van der Waals surface area contributed by atoms with Gasteiger partial charge in [0.05, 0.1) is 6.54 Å². The molecule has 1 fully saturated rings. The van der Waals surface area contributed by atoms with E-state index in [0.29, 0.717) is 13.1 Å². The summed E-state index contributed by atoms with van der Waals surface area (Å²) < 4.78 is 0. The lowest BCUT2D eigenvalue weighted by molar-refractivity contribution is 0.240. The van der Waals surface area contributed by atoms with Gasteiger partial charge in [-0.1, -0.05) is 12.1 Å². The molecule has 0 bridgehead atoms. The van der Waals surface area contributed by atoms with Crippen LogP contribution in [-0.2, 0) is 13.1 Å². The third-order valence-electron chi connectivity index (χ3n) is 3.95. The van der Waals surface area contributed by atoms with E-state index in [9.17, 15) is 4.79 Å². The Bertz CT molecular complexity index is 606. The second-order valence-corrected chi connectivity index (χ2v) is 6.72. The fourth-order valence-electron chi connectivity index (χ4n) is 2.66. The van der Waals surface area contributed by atoms with Gasteiger partial charge in [-0.15, -0.1) is 11.3 Å². The number of rotatable bonds is 5. The quantitative estimate of drug-likeness (QED) is 0.885. The lowest BCUT2D eigenvalue weighted by Crippen LogP contribution is -2.34. The molecule has 0 aromatic carbocycles. The molecule has 122 valence electrons. The topological polar surface area (TPSA) is 57.3 Å². The fraction of sp³-hybridized carbons (Fsp3) is 0.412. The normalized spacial score (nSPS) is 14.5. The summed E-state index contributed by atoms with van der Waals surface area (Å²) in [5, 5.41) is 7.72. The van der Waals surface area contributed by atoms with Crippen molar-refractivity contribution < 1.29 is 4.79 Å². The molecule has 23 heavy (non-hydrogen) atoms. The van der Waals surface area contributed by atoms with E-state index >= 15 is 0 Å². The van der Waals surface area contributed by atoms with Gasteiger partial charge in [0.1, 0.15) is 5.82 Å². The molecule has 1 aliphatic rings. The van der Waals surface area contributed by atoms with Crippen molar-refractivity contribution in [2.45, 2.75) is 32.4 Å². The molecule has 0 atom stereocenters. The van der Waals surface area contributed by atoms with Crippen molar-refractivity contribution in [2.24, 2.45) is 0 Å². The van der Waals surface area contributed by atoms with Crippen LogP contribution in [0.2, 0.25) is 0 Å². The summed E-state index contributed by atoms with van der Waals surface area (Å²) >= 11 is 1.64. The van der Waals surface area contributed by atoms with Crippen LogP contribution in [-0.4, -0.2) is 24.1 Å². The van der Waals surface area contributed by atoms with Crippen LogP contribution in [0, 0.1) is 0 Å². The molecular formula is C17H22N4OS. The second kappa shape index (κ2) is 7.97. The minimum Gasteiger partial charge on any atom is -0.357 e. The maximum Gasteiger partial charge on any atom is 0.315 e. The van der Waals surface area contributed by atoms with Gasteiger partial charge in [-0.2, -0.15) is 0 Å². The molecule has 0 spiro atoms. The molecule has 3 heterocycles. The summed E-state index contributed by atoms with van der Waals surface area (Å²) in [5.74, 6) is 1.04. The zero-order valence-electron chi connectivity index (χ0n) is 13.1. The van der Waals surface area contributed by atoms with Gasteiger partial charge in [-0.3, -0.25) is 0 Å². The average molecular weight is 330 g/mol. The minimum atomic E-state index is -0.154. The molecule has 2 N–H and O–H groups in total. The number of aromatic nitrogens is 1. The predicted molar refractivity (Wildman–Crippen MR) is 93.7 cm³/mol. The van der Waals surface area contributed by atoms with Gasteiger partial charge < -0.3 is 15.5 Å². The smallest absolute Gasteiger partial charge is 0.315 e. The molecule has 5 nitrogen and oxygen atoms in total. The van der Waals surface area contributed by atoms with Gasteiger partial charge in [0.15, 0.2) is 0 Å². The average Bonchev–Trinajstić information content (AvgIpc) is 3.13. The van der Waals surface area contributed by atoms with E-state index in [1.807, 2.05) is 35.8 Å². The van der Waals surface area contributed by atoms with Crippen LogP contribution in [0.1, 0.15) is 29.7 Å². The monoisotopic (exact) mass is 330 g/mol. The first-order valence-electron chi connectivity index (χ1n) is 8.05. The van der Waals surface area contributed by atoms with E-state index in [4.69, 9.17) is 0 Å². The van der Waals surface area contributed by atoms with E-state index < -0.39 is 0 Å². The molecule has 1 saturated heterocycles. The second-order valence-electron chi connectivity index (χ2n) is 5.69. The Morgan fingerprint density at radius 2 is 1.96 bits per heavy atom. The summed E-state index contributed by atoms with van der Waals surface area (Å²) in [6.07, 6.45) is 5.66. The molecule has 2 amide bonds. The molecule has 6 heteroatoms. The van der Waals surface area contributed by atoms with Crippen LogP contribution in [0.4, 0.5) is 10.6 Å². The molecular weight excluding hydrogens is 308 g/mol. The number of amides is 2. The van der Waals surface area contributed by atoms with Gasteiger partial charge in [0.25, 0.3) is 0 Å². The largest absolute Gasteiger partial charge is 0.357 e. The van der Waals surface area contributed by atoms with Gasteiger partial charge in [-0.05, 0) is 42.3 Å². The van der Waals surface area contributed by atoms with Crippen molar-refractivity contribution >= 4 is 23.2 Å². The number of carbonyl (C=O) groups excluding carboxylic acids is 1. The van der Waals surface area contributed by atoms with Crippen LogP contribution in [0.5, 0.6) is 0 Å². The number of piperidine rings is 1. The fourth-order valence-corrected chi connectivity index (χ4v) is 3.30. The lowest BCUT2D eigenvalue weighted by atomic mass is 10.1. The first-order valence-corrected chi connectivity index (χ1v) is 8.93. The third kappa shape index (κ3) is 4.69. The van der Waals surface area contributed by atoms with Gasteiger partial charge in [0, 0.05) is 30.7 Å². The van der Waals surface area contributed by atoms with E-state index in [2.05, 4.69) is 20.5 Å². The van der Waals surface area contributed by atoms with Crippen molar-refractivity contribution in [2.75, 3.05) is 18.0 Å². The number of pyridine rings is 1. The summed E-state index contributed by atoms with van der Waals surface area (Å²) in [7, 11) is 0. The van der Waals surface area contributed by atoms with Crippen molar-refractivity contribution in [3.63, 3.8) is 0 Å². The van der Waals surface area contributed by atoms with Crippen molar-refractivity contribution in [3.8, 4) is 0 Å². The zero-order valence-corrected chi connectivity index (χ0v) is 13.9. The highest BCUT2D eigenvalue weighted by molar-refractivity contribution is 7.09. The van der Waals surface area contributed by atoms with Crippen LogP contribution >= 0.6 is 11.3 Å². The highest BCUT2D eigenvalue weighted by Gasteiger charge is 2.11. The van der Waals surface area contributed by atoms with Crippen molar-refractivity contribution in [3.05, 3.63) is 46.3 Å². The van der Waals surface area contributed by atoms with Gasteiger partial charge in [-0.25, -0.2) is 9.78 Å². The lowest BCUT2D eigenvalue weighted by Gasteiger charge is -2.27. The summed E-state index contributed by atoms with van der Waals surface area (Å²) in [4.78, 5) is 19.8. The van der Waals surface area contributed by atoms with E-state index in [0.717, 1.165) is 29.3 Å². The molecule has 0 aliphatic carbocycles. The summed E-state index contributed by atoms with van der Waals surface area (Å²) in [5.41, 5.74) is 1.01. The highest BCUT2D eigenvalue weighted by Crippen LogP contribution is 2.17. The van der Waals surface area contributed by atoms with E-state index in [1.54, 1.807) is 11.3 Å².